The molecule has 7 heteroatoms. The summed E-state index contributed by atoms with van der Waals surface area (Å²) >= 11 is 5.85. The summed E-state index contributed by atoms with van der Waals surface area (Å²) in [6, 6.07) is 14.9. The Bertz CT molecular complexity index is 872. The number of methoxy groups -OCH3 is 1. The highest BCUT2D eigenvalue weighted by molar-refractivity contribution is 6.31. The van der Waals surface area contributed by atoms with E-state index in [-0.39, 0.29) is 5.57 Å². The Morgan fingerprint density at radius 1 is 1.16 bits per heavy atom. The van der Waals surface area contributed by atoms with Crippen LogP contribution < -0.4 is 10.6 Å². The topological polar surface area (TPSA) is 91.2 Å². The molecule has 0 saturated heterocycles. The molecule has 0 heterocycles. The molecule has 0 aliphatic carbocycles. The maximum Gasteiger partial charge on any atom is 0.337 e. The molecule has 6 nitrogen and oxygen atoms in total. The number of nitrogens with one attached hydrogen (secondary N) is 2. The number of esters is 1. The van der Waals surface area contributed by atoms with Gasteiger partial charge in [-0.15, -0.1) is 0 Å². The number of rotatable bonds is 5. The number of carbonyl (C=O) groups excluding carboxylic acids is 2. The number of hydrogen-bond donors (Lipinski definition) is 2. The van der Waals surface area contributed by atoms with E-state index < -0.39 is 11.9 Å². The van der Waals surface area contributed by atoms with E-state index in [1.165, 1.54) is 13.3 Å². The van der Waals surface area contributed by atoms with E-state index in [0.29, 0.717) is 22.0 Å². The Labute approximate surface area is 149 Å². The molecule has 0 fully saturated rings. The van der Waals surface area contributed by atoms with Crippen LogP contribution in [0.5, 0.6) is 0 Å². The van der Waals surface area contributed by atoms with E-state index in [1.807, 2.05) is 6.07 Å². The van der Waals surface area contributed by atoms with E-state index in [1.54, 1.807) is 48.5 Å². The van der Waals surface area contributed by atoms with Crippen LogP contribution >= 0.6 is 11.6 Å². The normalized spacial score (nSPS) is 10.5. The quantitative estimate of drug-likeness (QED) is 0.486. The Morgan fingerprint density at radius 3 is 2.56 bits per heavy atom. The van der Waals surface area contributed by atoms with Crippen LogP contribution in [0.4, 0.5) is 11.4 Å². The molecule has 25 heavy (non-hydrogen) atoms. The van der Waals surface area contributed by atoms with Gasteiger partial charge in [0.2, 0.25) is 0 Å². The first-order valence-electron chi connectivity index (χ1n) is 7.15. The van der Waals surface area contributed by atoms with Crippen LogP contribution in [0.25, 0.3) is 0 Å². The van der Waals surface area contributed by atoms with Crippen LogP contribution in [-0.4, -0.2) is 19.0 Å². The van der Waals surface area contributed by atoms with Crippen molar-refractivity contribution in [2.24, 2.45) is 0 Å². The van der Waals surface area contributed by atoms with Crippen molar-refractivity contribution in [3.8, 4) is 6.07 Å². The molecule has 1 amide bonds. The second-order valence-electron chi connectivity index (χ2n) is 4.85. The van der Waals surface area contributed by atoms with Crippen LogP contribution in [-0.2, 0) is 9.53 Å². The predicted octanol–water partition coefficient (Wildman–Crippen LogP) is 3.58. The summed E-state index contributed by atoms with van der Waals surface area (Å²) in [5.74, 6) is -1.06. The fraction of sp³-hybridized carbons (Fsp3) is 0.0556. The summed E-state index contributed by atoms with van der Waals surface area (Å²) in [6.45, 7) is 0. The lowest BCUT2D eigenvalue weighted by Crippen LogP contribution is -2.14. The second-order valence-corrected chi connectivity index (χ2v) is 5.29. The van der Waals surface area contributed by atoms with Crippen molar-refractivity contribution in [3.63, 3.8) is 0 Å². The lowest BCUT2D eigenvalue weighted by atomic mass is 10.2. The van der Waals surface area contributed by atoms with E-state index in [2.05, 4.69) is 15.4 Å². The lowest BCUT2D eigenvalue weighted by Gasteiger charge is -2.06. The molecular weight excluding hydrogens is 342 g/mol. The van der Waals surface area contributed by atoms with Crippen molar-refractivity contribution < 1.29 is 14.3 Å². The van der Waals surface area contributed by atoms with Crippen molar-refractivity contribution in [2.45, 2.75) is 0 Å². The van der Waals surface area contributed by atoms with Crippen molar-refractivity contribution >= 4 is 34.9 Å². The highest BCUT2D eigenvalue weighted by Gasteiger charge is 2.10. The fourth-order valence-electron chi connectivity index (χ4n) is 1.92. The minimum Gasteiger partial charge on any atom is -0.465 e. The molecule has 0 unspecified atom stereocenters. The van der Waals surface area contributed by atoms with Crippen molar-refractivity contribution in [3.05, 3.63) is 70.9 Å². The van der Waals surface area contributed by atoms with Gasteiger partial charge < -0.3 is 15.4 Å². The summed E-state index contributed by atoms with van der Waals surface area (Å²) in [7, 11) is 1.29. The average Bonchev–Trinajstić information content (AvgIpc) is 2.61. The molecule has 0 atom stereocenters. The third kappa shape index (κ3) is 5.09. The van der Waals surface area contributed by atoms with Crippen molar-refractivity contribution in [1.82, 2.24) is 0 Å². The van der Waals surface area contributed by atoms with Gasteiger partial charge in [-0.05, 0) is 36.4 Å². The minimum absolute atomic E-state index is 0.136. The van der Waals surface area contributed by atoms with Gasteiger partial charge in [0.15, 0.2) is 0 Å². The molecule has 0 bridgehead atoms. The highest BCUT2D eigenvalue weighted by atomic mass is 35.5. The smallest absolute Gasteiger partial charge is 0.337 e. The number of halogens is 1. The number of nitriles is 1. The van der Waals surface area contributed by atoms with Crippen LogP contribution in [0, 0.1) is 11.3 Å². The molecule has 0 spiro atoms. The van der Waals surface area contributed by atoms with Crippen LogP contribution in [0.1, 0.15) is 10.4 Å². The first-order valence-corrected chi connectivity index (χ1v) is 7.53. The van der Waals surface area contributed by atoms with Gasteiger partial charge >= 0.3 is 5.97 Å². The second kappa shape index (κ2) is 8.52. The molecule has 0 aromatic heterocycles. The summed E-state index contributed by atoms with van der Waals surface area (Å²) in [5, 5.41) is 15.0. The van der Waals surface area contributed by atoms with Crippen LogP contribution in [0.3, 0.4) is 0 Å². The Kier molecular flexibility index (Phi) is 6.15. The largest absolute Gasteiger partial charge is 0.465 e. The number of carbonyl (C=O) groups is 2. The van der Waals surface area contributed by atoms with E-state index in [0.717, 1.165) is 0 Å². The number of benzene rings is 2. The van der Waals surface area contributed by atoms with Gasteiger partial charge in [-0.3, -0.25) is 4.79 Å². The van der Waals surface area contributed by atoms with Crippen LogP contribution in [0.15, 0.2) is 60.3 Å². The Morgan fingerprint density at radius 2 is 1.88 bits per heavy atom. The zero-order valence-corrected chi connectivity index (χ0v) is 14.0. The average molecular weight is 356 g/mol. The Balaban J connectivity index is 2.11. The van der Waals surface area contributed by atoms with E-state index in [4.69, 9.17) is 16.9 Å². The standard InChI is InChI=1S/C18H14ClN3O3/c1-25-18(24)12-4-2-6-15(8-12)21-11-13(10-20)17(23)22-16-7-3-5-14(19)9-16/h2-9,11,21H,1H3,(H,22,23)/b13-11-. The van der Waals surface area contributed by atoms with E-state index >= 15 is 0 Å². The van der Waals surface area contributed by atoms with Crippen molar-refractivity contribution in [2.75, 3.05) is 17.7 Å². The van der Waals surface area contributed by atoms with Crippen LogP contribution in [0.2, 0.25) is 5.02 Å². The third-order valence-corrected chi connectivity index (χ3v) is 3.35. The minimum atomic E-state index is -0.582. The maximum atomic E-state index is 12.1. The van der Waals surface area contributed by atoms with Gasteiger partial charge in [0, 0.05) is 22.6 Å². The number of amides is 1. The first-order chi connectivity index (χ1) is 12.0. The van der Waals surface area contributed by atoms with Gasteiger partial charge in [-0.25, -0.2) is 4.79 Å². The highest BCUT2D eigenvalue weighted by Crippen LogP contribution is 2.16. The molecule has 2 aromatic carbocycles. The molecule has 126 valence electrons. The monoisotopic (exact) mass is 355 g/mol. The Hall–Kier alpha value is -3.30. The van der Waals surface area contributed by atoms with Gasteiger partial charge in [0.05, 0.1) is 12.7 Å². The molecule has 2 rings (SSSR count). The number of anilines is 2. The number of hydrogen-bond acceptors (Lipinski definition) is 5. The van der Waals surface area contributed by atoms with Gasteiger partial charge in [0.1, 0.15) is 11.6 Å². The molecule has 0 aliphatic heterocycles. The fourth-order valence-corrected chi connectivity index (χ4v) is 2.11. The third-order valence-electron chi connectivity index (χ3n) is 3.11. The zero-order valence-electron chi connectivity index (χ0n) is 13.2. The lowest BCUT2D eigenvalue weighted by molar-refractivity contribution is -0.112. The van der Waals surface area contributed by atoms with Crippen molar-refractivity contribution in [1.29, 1.82) is 5.26 Å². The van der Waals surface area contributed by atoms with Gasteiger partial charge in [0.25, 0.3) is 5.91 Å². The molecule has 2 N–H and O–H groups in total. The molecule has 0 aliphatic rings. The summed E-state index contributed by atoms with van der Waals surface area (Å²) in [5.41, 5.74) is 1.23. The number of nitrogens with zero attached hydrogens (tertiary/aromatic N) is 1. The molecule has 0 saturated carbocycles. The summed E-state index contributed by atoms with van der Waals surface area (Å²) in [6.07, 6.45) is 1.26. The first kappa shape index (κ1) is 18.0. The van der Waals surface area contributed by atoms with Gasteiger partial charge in [-0.1, -0.05) is 23.7 Å². The SMILES string of the molecule is COC(=O)c1cccc(N/C=C(/C#N)C(=O)Nc2cccc(Cl)c2)c1. The molecule has 2 aromatic rings. The maximum absolute atomic E-state index is 12.1. The molecular formula is C18H14ClN3O3. The zero-order chi connectivity index (χ0) is 18.2. The summed E-state index contributed by atoms with van der Waals surface area (Å²) in [4.78, 5) is 23.6. The predicted molar refractivity (Wildman–Crippen MR) is 95.2 cm³/mol. The number of ether oxygens (including phenoxy) is 1. The van der Waals surface area contributed by atoms with E-state index in [9.17, 15) is 9.59 Å². The van der Waals surface area contributed by atoms with Gasteiger partial charge in [-0.2, -0.15) is 5.26 Å². The molecule has 0 radical (unpaired) electrons. The summed E-state index contributed by atoms with van der Waals surface area (Å²) < 4.78 is 4.64.